The highest BCUT2D eigenvalue weighted by atomic mass is 127. The van der Waals surface area contributed by atoms with E-state index in [1.807, 2.05) is 30.3 Å². The summed E-state index contributed by atoms with van der Waals surface area (Å²) in [5.41, 5.74) is 1.80. The molecule has 27 heavy (non-hydrogen) atoms. The topological polar surface area (TPSA) is 77.0 Å². The molecule has 136 valence electrons. The minimum Gasteiger partial charge on any atom is -0.462 e. The molecule has 0 N–H and O–H groups in total. The molecule has 0 saturated heterocycles. The van der Waals surface area contributed by atoms with Crippen molar-refractivity contribution < 1.29 is 9.53 Å². The zero-order valence-corrected chi connectivity index (χ0v) is 16.9. The number of hydrogen-bond donors (Lipinski definition) is 0. The molecule has 2 aromatic carbocycles. The maximum Gasteiger partial charge on any atom is 0.346 e. The first-order valence-electron chi connectivity index (χ1n) is 8.23. The van der Waals surface area contributed by atoms with E-state index in [0.717, 1.165) is 9.13 Å². The first-order valence-corrected chi connectivity index (χ1v) is 9.31. The third kappa shape index (κ3) is 3.53. The largest absolute Gasteiger partial charge is 0.462 e. The summed E-state index contributed by atoms with van der Waals surface area (Å²) in [6.45, 7) is 1.88. The van der Waals surface area contributed by atoms with Crippen LogP contribution in [-0.2, 0) is 11.8 Å². The van der Waals surface area contributed by atoms with E-state index < -0.39 is 11.5 Å². The Kier molecular flexibility index (Phi) is 5.46. The fourth-order valence-electron chi connectivity index (χ4n) is 2.90. The Morgan fingerprint density at radius 3 is 2.33 bits per heavy atom. The molecular weight excluding hydrogens is 457 g/mol. The van der Waals surface area contributed by atoms with Crippen LogP contribution < -0.4 is 5.56 Å². The Morgan fingerprint density at radius 1 is 1.15 bits per heavy atom. The summed E-state index contributed by atoms with van der Waals surface area (Å²) in [5, 5.41) is 8.97. The monoisotopic (exact) mass is 473 g/mol. The van der Waals surface area contributed by atoms with Gasteiger partial charge in [0.05, 0.1) is 29.6 Å². The Balaban J connectivity index is 2.28. The van der Waals surface area contributed by atoms with Gasteiger partial charge in [0.2, 0.25) is 0 Å². The lowest BCUT2D eigenvalue weighted by Crippen LogP contribution is -2.23. The van der Waals surface area contributed by atoms with Crippen LogP contribution in [0.25, 0.3) is 16.9 Å². The molecule has 1 heterocycles. The fourth-order valence-corrected chi connectivity index (χ4v) is 3.26. The smallest absolute Gasteiger partial charge is 0.346 e. The highest BCUT2D eigenvalue weighted by molar-refractivity contribution is 14.1. The SMILES string of the molecule is CCOC(=O)c1c(-c2ccc(I)cc2)n(C)n(-c2ccc(C#N)cc2)c1=O. The van der Waals surface area contributed by atoms with Crippen molar-refractivity contribution in [1.82, 2.24) is 9.36 Å². The number of rotatable bonds is 4. The molecular formula is C20H16IN3O3. The predicted molar refractivity (Wildman–Crippen MR) is 110 cm³/mol. The van der Waals surface area contributed by atoms with E-state index in [2.05, 4.69) is 22.6 Å². The van der Waals surface area contributed by atoms with Crippen LogP contribution in [0.3, 0.4) is 0 Å². The summed E-state index contributed by atoms with van der Waals surface area (Å²) < 4.78 is 9.21. The molecule has 0 aliphatic heterocycles. The second-order valence-corrected chi connectivity index (χ2v) is 7.00. The molecule has 0 bridgehead atoms. The lowest BCUT2D eigenvalue weighted by atomic mass is 10.1. The molecule has 0 fully saturated rings. The molecule has 0 atom stereocenters. The number of nitriles is 1. The Hall–Kier alpha value is -2.86. The molecule has 6 nitrogen and oxygen atoms in total. The number of halogens is 1. The number of carbonyl (C=O) groups excluding carboxylic acids is 1. The van der Waals surface area contributed by atoms with Gasteiger partial charge in [0.1, 0.15) is 0 Å². The average molecular weight is 473 g/mol. The highest BCUT2D eigenvalue weighted by Gasteiger charge is 2.26. The number of ether oxygens (including phenoxy) is 1. The van der Waals surface area contributed by atoms with E-state index >= 15 is 0 Å². The Labute approximate surface area is 169 Å². The zero-order chi connectivity index (χ0) is 19.6. The average Bonchev–Trinajstić information content (AvgIpc) is 2.93. The van der Waals surface area contributed by atoms with Gasteiger partial charge in [-0.3, -0.25) is 9.48 Å². The van der Waals surface area contributed by atoms with Gasteiger partial charge in [0.15, 0.2) is 5.56 Å². The van der Waals surface area contributed by atoms with Crippen LogP contribution >= 0.6 is 22.6 Å². The molecule has 0 aliphatic rings. The Bertz CT molecular complexity index is 1090. The zero-order valence-electron chi connectivity index (χ0n) is 14.8. The summed E-state index contributed by atoms with van der Waals surface area (Å²) in [6.07, 6.45) is 0. The lowest BCUT2D eigenvalue weighted by Gasteiger charge is -2.10. The minimum absolute atomic E-state index is 0.00934. The summed E-state index contributed by atoms with van der Waals surface area (Å²) in [4.78, 5) is 25.6. The second-order valence-electron chi connectivity index (χ2n) is 5.75. The Morgan fingerprint density at radius 2 is 1.78 bits per heavy atom. The third-order valence-corrected chi connectivity index (χ3v) is 4.82. The van der Waals surface area contributed by atoms with Crippen LogP contribution in [0.4, 0.5) is 0 Å². The van der Waals surface area contributed by atoms with E-state index in [9.17, 15) is 9.59 Å². The summed E-state index contributed by atoms with van der Waals surface area (Å²) >= 11 is 2.20. The first-order chi connectivity index (χ1) is 13.0. The van der Waals surface area contributed by atoms with Crippen LogP contribution in [0.5, 0.6) is 0 Å². The van der Waals surface area contributed by atoms with Crippen molar-refractivity contribution in [2.75, 3.05) is 6.61 Å². The highest BCUT2D eigenvalue weighted by Crippen LogP contribution is 2.25. The van der Waals surface area contributed by atoms with Gasteiger partial charge in [-0.05, 0) is 65.9 Å². The number of esters is 1. The standard InChI is InChI=1S/C20H16IN3O3/c1-3-27-20(26)17-18(14-6-8-15(21)9-7-14)23(2)24(19(17)25)16-10-4-13(12-22)5-11-16/h4-11H,3H2,1-2H3. The first kappa shape index (κ1) is 18.9. The van der Waals surface area contributed by atoms with E-state index in [1.54, 1.807) is 42.9 Å². The van der Waals surface area contributed by atoms with Crippen molar-refractivity contribution in [1.29, 1.82) is 5.26 Å². The van der Waals surface area contributed by atoms with Crippen LogP contribution in [0, 0.1) is 14.9 Å². The number of hydrogen-bond acceptors (Lipinski definition) is 4. The number of aromatic nitrogens is 2. The van der Waals surface area contributed by atoms with Crippen molar-refractivity contribution in [2.45, 2.75) is 6.92 Å². The van der Waals surface area contributed by atoms with Crippen molar-refractivity contribution in [3.63, 3.8) is 0 Å². The van der Waals surface area contributed by atoms with E-state index in [-0.39, 0.29) is 12.2 Å². The summed E-state index contributed by atoms with van der Waals surface area (Å²) in [7, 11) is 1.72. The van der Waals surface area contributed by atoms with E-state index in [4.69, 9.17) is 10.00 Å². The normalized spacial score (nSPS) is 10.4. The van der Waals surface area contributed by atoms with Gasteiger partial charge in [0.25, 0.3) is 5.56 Å². The van der Waals surface area contributed by atoms with Gasteiger partial charge in [-0.25, -0.2) is 9.48 Å². The second kappa shape index (κ2) is 7.80. The van der Waals surface area contributed by atoms with E-state index in [0.29, 0.717) is 16.9 Å². The molecule has 0 spiro atoms. The quantitative estimate of drug-likeness (QED) is 0.430. The maximum atomic E-state index is 13.1. The van der Waals surface area contributed by atoms with Crippen molar-refractivity contribution >= 4 is 28.6 Å². The predicted octanol–water partition coefficient (Wildman–Crippen LogP) is 3.50. The van der Waals surface area contributed by atoms with Crippen LogP contribution in [0.2, 0.25) is 0 Å². The number of benzene rings is 2. The maximum absolute atomic E-state index is 13.1. The molecule has 0 amide bonds. The molecule has 7 heteroatoms. The van der Waals surface area contributed by atoms with Crippen molar-refractivity contribution in [3.8, 4) is 23.0 Å². The fraction of sp³-hybridized carbons (Fsp3) is 0.150. The molecule has 0 aliphatic carbocycles. The van der Waals surface area contributed by atoms with Crippen LogP contribution in [0.1, 0.15) is 22.8 Å². The minimum atomic E-state index is -0.654. The van der Waals surface area contributed by atoms with E-state index in [1.165, 1.54) is 4.68 Å². The van der Waals surface area contributed by atoms with Gasteiger partial charge in [-0.1, -0.05) is 12.1 Å². The van der Waals surface area contributed by atoms with Gasteiger partial charge < -0.3 is 4.74 Å². The molecule has 3 aromatic rings. The van der Waals surface area contributed by atoms with Crippen LogP contribution in [-0.4, -0.2) is 21.9 Å². The molecule has 0 radical (unpaired) electrons. The molecule has 0 unspecified atom stereocenters. The lowest BCUT2D eigenvalue weighted by molar-refractivity contribution is 0.0525. The van der Waals surface area contributed by atoms with Gasteiger partial charge >= 0.3 is 5.97 Å². The van der Waals surface area contributed by atoms with Gasteiger partial charge in [-0.2, -0.15) is 5.26 Å². The third-order valence-electron chi connectivity index (χ3n) is 4.10. The van der Waals surface area contributed by atoms with Crippen molar-refractivity contribution in [3.05, 3.63) is 73.6 Å². The molecule has 0 saturated carbocycles. The number of nitrogens with zero attached hydrogens (tertiary/aromatic N) is 3. The molecule has 1 aromatic heterocycles. The number of carbonyl (C=O) groups is 1. The molecule has 3 rings (SSSR count). The van der Waals surface area contributed by atoms with Crippen LogP contribution in [0.15, 0.2) is 53.3 Å². The van der Waals surface area contributed by atoms with Gasteiger partial charge in [-0.15, -0.1) is 0 Å². The van der Waals surface area contributed by atoms with Crippen molar-refractivity contribution in [2.24, 2.45) is 7.05 Å². The van der Waals surface area contributed by atoms with Gasteiger partial charge in [0, 0.05) is 16.2 Å². The summed E-state index contributed by atoms with van der Waals surface area (Å²) in [6, 6.07) is 16.2. The summed E-state index contributed by atoms with van der Waals surface area (Å²) in [5.74, 6) is -0.654.